The average Bonchev–Trinajstić information content (AvgIpc) is 2.74. The van der Waals surface area contributed by atoms with Crippen LogP contribution in [0.5, 0.6) is 0 Å². The summed E-state index contributed by atoms with van der Waals surface area (Å²) in [5, 5.41) is 9.03. The molecule has 1 N–H and O–H groups in total. The number of oxazole rings is 1. The van der Waals surface area contributed by atoms with Gasteiger partial charge in [0.2, 0.25) is 5.76 Å². The lowest BCUT2D eigenvalue weighted by Crippen LogP contribution is -2.18. The molecule has 16 heavy (non-hydrogen) atoms. The number of carboxylic acids is 1. The monoisotopic (exact) mass is 225 g/mol. The Morgan fingerprint density at radius 3 is 3.00 bits per heavy atom. The number of carbonyl (C=O) groups is 1. The maximum atomic E-state index is 11.0. The van der Waals surface area contributed by atoms with Crippen molar-refractivity contribution >= 4 is 5.97 Å². The van der Waals surface area contributed by atoms with E-state index in [4.69, 9.17) is 14.3 Å². The molecule has 5 nitrogen and oxygen atoms in total. The van der Waals surface area contributed by atoms with Gasteiger partial charge in [0.1, 0.15) is 0 Å². The molecule has 2 rings (SSSR count). The highest BCUT2D eigenvalue weighted by molar-refractivity contribution is 5.85. The number of hydrogen-bond acceptors (Lipinski definition) is 4. The van der Waals surface area contributed by atoms with Gasteiger partial charge in [-0.25, -0.2) is 9.78 Å². The van der Waals surface area contributed by atoms with Gasteiger partial charge in [-0.1, -0.05) is 6.92 Å². The van der Waals surface area contributed by atoms with Gasteiger partial charge < -0.3 is 14.3 Å². The van der Waals surface area contributed by atoms with E-state index in [-0.39, 0.29) is 11.7 Å². The van der Waals surface area contributed by atoms with Crippen LogP contribution in [0.2, 0.25) is 0 Å². The van der Waals surface area contributed by atoms with E-state index in [1.807, 2.05) is 6.92 Å². The number of ether oxygens (including phenoxy) is 1. The van der Waals surface area contributed by atoms with Gasteiger partial charge >= 0.3 is 5.97 Å². The molecule has 0 aromatic carbocycles. The van der Waals surface area contributed by atoms with Crippen LogP contribution in [0.15, 0.2) is 4.42 Å². The topological polar surface area (TPSA) is 72.6 Å². The van der Waals surface area contributed by atoms with Crippen molar-refractivity contribution in [3.8, 4) is 0 Å². The lowest BCUT2D eigenvalue weighted by atomic mass is 9.97. The number of aromatic nitrogens is 1. The third kappa shape index (κ3) is 2.09. The van der Waals surface area contributed by atoms with Crippen LogP contribution in [0.25, 0.3) is 0 Å². The number of rotatable bonds is 3. The summed E-state index contributed by atoms with van der Waals surface area (Å²) < 4.78 is 10.6. The lowest BCUT2D eigenvalue weighted by molar-refractivity contribution is 0.0641. The van der Waals surface area contributed by atoms with Crippen LogP contribution in [0.3, 0.4) is 0 Å². The van der Waals surface area contributed by atoms with Gasteiger partial charge in [0.15, 0.2) is 5.89 Å². The van der Waals surface area contributed by atoms with Crippen LogP contribution in [0.1, 0.15) is 47.8 Å². The SMILES string of the molecule is CCc1nc(C2CCCOC2)c(C(=O)O)o1. The second-order valence-electron chi connectivity index (χ2n) is 3.89. The van der Waals surface area contributed by atoms with Crippen LogP contribution in [-0.2, 0) is 11.2 Å². The molecular weight excluding hydrogens is 210 g/mol. The molecular formula is C11H15NO4. The van der Waals surface area contributed by atoms with Crippen LogP contribution in [0.4, 0.5) is 0 Å². The van der Waals surface area contributed by atoms with E-state index in [2.05, 4.69) is 4.98 Å². The predicted octanol–water partition coefficient (Wildman–Crippen LogP) is 1.83. The molecule has 1 fully saturated rings. The Bertz CT molecular complexity index is 379. The molecule has 1 unspecified atom stereocenters. The molecule has 1 aromatic rings. The number of aromatic carboxylic acids is 1. The van der Waals surface area contributed by atoms with E-state index in [1.54, 1.807) is 0 Å². The Morgan fingerprint density at radius 1 is 1.62 bits per heavy atom. The summed E-state index contributed by atoms with van der Waals surface area (Å²) >= 11 is 0. The maximum absolute atomic E-state index is 11.0. The largest absolute Gasteiger partial charge is 0.475 e. The van der Waals surface area contributed by atoms with E-state index in [0.717, 1.165) is 19.4 Å². The van der Waals surface area contributed by atoms with E-state index in [9.17, 15) is 4.79 Å². The number of nitrogens with zero attached hydrogens (tertiary/aromatic N) is 1. The van der Waals surface area contributed by atoms with Gasteiger partial charge in [-0.2, -0.15) is 0 Å². The van der Waals surface area contributed by atoms with Gasteiger partial charge in [-0.15, -0.1) is 0 Å². The fourth-order valence-corrected chi connectivity index (χ4v) is 1.92. The Labute approximate surface area is 93.4 Å². The van der Waals surface area contributed by atoms with Crippen molar-refractivity contribution in [3.05, 3.63) is 17.3 Å². The smallest absolute Gasteiger partial charge is 0.373 e. The summed E-state index contributed by atoms with van der Waals surface area (Å²) in [5.41, 5.74) is 0.545. The molecule has 0 saturated carbocycles. The molecule has 0 bridgehead atoms. The molecule has 2 heterocycles. The van der Waals surface area contributed by atoms with Gasteiger partial charge in [0, 0.05) is 18.9 Å². The van der Waals surface area contributed by atoms with Crippen LogP contribution in [-0.4, -0.2) is 29.3 Å². The molecule has 1 aromatic heterocycles. The lowest BCUT2D eigenvalue weighted by Gasteiger charge is -2.20. The summed E-state index contributed by atoms with van der Waals surface area (Å²) in [5.74, 6) is -0.526. The van der Waals surface area contributed by atoms with E-state index >= 15 is 0 Å². The third-order valence-corrected chi connectivity index (χ3v) is 2.74. The van der Waals surface area contributed by atoms with Crippen molar-refractivity contribution in [2.45, 2.75) is 32.1 Å². The highest BCUT2D eigenvalue weighted by Gasteiger charge is 2.27. The van der Waals surface area contributed by atoms with Crippen LogP contribution >= 0.6 is 0 Å². The summed E-state index contributed by atoms with van der Waals surface area (Å²) in [6.45, 7) is 3.17. The zero-order chi connectivity index (χ0) is 11.5. The molecule has 88 valence electrons. The van der Waals surface area contributed by atoms with Crippen LogP contribution in [0, 0.1) is 0 Å². The quantitative estimate of drug-likeness (QED) is 0.849. The summed E-state index contributed by atoms with van der Waals surface area (Å²) in [7, 11) is 0. The third-order valence-electron chi connectivity index (χ3n) is 2.74. The molecule has 1 aliphatic rings. The van der Waals surface area contributed by atoms with Crippen molar-refractivity contribution in [2.24, 2.45) is 0 Å². The highest BCUT2D eigenvalue weighted by atomic mass is 16.5. The predicted molar refractivity (Wildman–Crippen MR) is 55.6 cm³/mol. The van der Waals surface area contributed by atoms with Gasteiger partial charge in [0.05, 0.1) is 12.3 Å². The number of carboxylic acid groups (broad SMARTS) is 1. The van der Waals surface area contributed by atoms with Gasteiger partial charge in [-0.05, 0) is 12.8 Å². The first-order valence-electron chi connectivity index (χ1n) is 5.53. The van der Waals surface area contributed by atoms with E-state index in [1.165, 1.54) is 0 Å². The molecule has 0 spiro atoms. The summed E-state index contributed by atoms with van der Waals surface area (Å²) in [4.78, 5) is 15.3. The van der Waals surface area contributed by atoms with Gasteiger partial charge in [-0.3, -0.25) is 0 Å². The second-order valence-corrected chi connectivity index (χ2v) is 3.89. The Balaban J connectivity index is 2.29. The van der Waals surface area contributed by atoms with Crippen molar-refractivity contribution in [3.63, 3.8) is 0 Å². The van der Waals surface area contributed by atoms with E-state index < -0.39 is 5.97 Å². The number of aryl methyl sites for hydroxylation is 1. The van der Waals surface area contributed by atoms with Crippen molar-refractivity contribution in [2.75, 3.05) is 13.2 Å². The minimum Gasteiger partial charge on any atom is -0.475 e. The zero-order valence-electron chi connectivity index (χ0n) is 9.23. The molecule has 0 radical (unpaired) electrons. The standard InChI is InChI=1S/C11H15NO4/c1-2-8-12-9(10(16-8)11(13)14)7-4-3-5-15-6-7/h7H,2-6H2,1H3,(H,13,14). The Kier molecular flexibility index (Phi) is 3.24. The van der Waals surface area contributed by atoms with Gasteiger partial charge in [0.25, 0.3) is 0 Å². The first-order chi connectivity index (χ1) is 7.72. The molecule has 0 aliphatic carbocycles. The minimum absolute atomic E-state index is 0.0210. The van der Waals surface area contributed by atoms with Crippen molar-refractivity contribution in [1.29, 1.82) is 0 Å². The summed E-state index contributed by atoms with van der Waals surface area (Å²) in [6, 6.07) is 0. The van der Waals surface area contributed by atoms with Crippen molar-refractivity contribution < 1.29 is 19.1 Å². The van der Waals surface area contributed by atoms with E-state index in [0.29, 0.717) is 24.6 Å². The fraction of sp³-hybridized carbons (Fsp3) is 0.636. The molecule has 1 saturated heterocycles. The normalized spacial score (nSPS) is 20.9. The first-order valence-corrected chi connectivity index (χ1v) is 5.53. The first kappa shape index (κ1) is 11.1. The number of hydrogen-bond donors (Lipinski definition) is 1. The highest BCUT2D eigenvalue weighted by Crippen LogP contribution is 2.28. The zero-order valence-corrected chi connectivity index (χ0v) is 9.23. The van der Waals surface area contributed by atoms with Crippen molar-refractivity contribution in [1.82, 2.24) is 4.98 Å². The second kappa shape index (κ2) is 4.65. The average molecular weight is 225 g/mol. The summed E-state index contributed by atoms with van der Waals surface area (Å²) in [6.07, 6.45) is 2.46. The van der Waals surface area contributed by atoms with Crippen LogP contribution < -0.4 is 0 Å². The maximum Gasteiger partial charge on any atom is 0.373 e. The Morgan fingerprint density at radius 2 is 2.44 bits per heavy atom. The molecule has 1 atom stereocenters. The molecule has 1 aliphatic heterocycles. The Hall–Kier alpha value is -1.36. The fourth-order valence-electron chi connectivity index (χ4n) is 1.92. The molecule has 0 amide bonds. The molecule has 5 heteroatoms. The minimum atomic E-state index is -1.05.